The highest BCUT2D eigenvalue weighted by Gasteiger charge is 2.83. The summed E-state index contributed by atoms with van der Waals surface area (Å²) in [6.07, 6.45) is 28.6. The molecule has 340 valence electrons. The maximum absolute atomic E-state index is 13.9. The maximum Gasteiger partial charge on any atom is 0.486 e. The minimum absolute atomic E-state index is 0.0150. The van der Waals surface area contributed by atoms with E-state index < -0.39 is 69.9 Å². The van der Waals surface area contributed by atoms with Gasteiger partial charge in [0, 0.05) is 38.8 Å². The van der Waals surface area contributed by atoms with Crippen molar-refractivity contribution in [1.29, 1.82) is 0 Å². The molecule has 0 radical (unpaired) electrons. The van der Waals surface area contributed by atoms with Crippen LogP contribution in [-0.4, -0.2) is 79.5 Å². The molecule has 60 heavy (non-hydrogen) atoms. The highest BCUT2D eigenvalue weighted by Crippen LogP contribution is 2.62. The summed E-state index contributed by atoms with van der Waals surface area (Å²) < 4.78 is 80.7. The van der Waals surface area contributed by atoms with Gasteiger partial charge in [0.25, 0.3) is 0 Å². The lowest BCUT2D eigenvalue weighted by atomic mass is 10.4. The van der Waals surface area contributed by atoms with E-state index in [1.807, 2.05) is 6.08 Å². The summed E-state index contributed by atoms with van der Waals surface area (Å²) in [7, 11) is -31.5. The van der Waals surface area contributed by atoms with Crippen LogP contribution in [-0.2, 0) is 41.2 Å². The Morgan fingerprint density at radius 2 is 0.667 bits per heavy atom. The molecule has 0 amide bonds. The zero-order valence-electron chi connectivity index (χ0n) is 36.8. The zero-order valence-corrected chi connectivity index (χ0v) is 44.8. The molecule has 4 atom stereocenters. The average molecular weight is 974 g/mol. The van der Waals surface area contributed by atoms with Crippen molar-refractivity contribution in [2.24, 2.45) is 0 Å². The molecule has 3 saturated heterocycles. The van der Waals surface area contributed by atoms with Crippen LogP contribution >= 0.6 is 0 Å². The molecule has 2 N–H and O–H groups in total. The van der Waals surface area contributed by atoms with Crippen LogP contribution in [0.5, 0.6) is 0 Å². The Bertz CT molecular complexity index is 1460. The van der Waals surface area contributed by atoms with E-state index in [1.165, 1.54) is 0 Å². The van der Waals surface area contributed by atoms with Gasteiger partial charge >= 0.3 is 61.6 Å². The van der Waals surface area contributed by atoms with Gasteiger partial charge in [0.05, 0.1) is 0 Å². The lowest BCUT2D eigenvalue weighted by Crippen LogP contribution is -2.85. The third-order valence-corrected chi connectivity index (χ3v) is 53.0. The van der Waals surface area contributed by atoms with Gasteiger partial charge in [0.15, 0.2) is 8.32 Å². The molecule has 10 fully saturated rings. The van der Waals surface area contributed by atoms with Crippen molar-refractivity contribution in [1.82, 2.24) is 0 Å². The second kappa shape index (κ2) is 17.3. The third kappa shape index (κ3) is 8.15. The summed E-state index contributed by atoms with van der Waals surface area (Å²) in [6.45, 7) is 8.72. The molecule has 0 aromatic rings. The highest BCUT2D eigenvalue weighted by atomic mass is 28.6. The van der Waals surface area contributed by atoms with Crippen molar-refractivity contribution in [2.75, 3.05) is 0 Å². The van der Waals surface area contributed by atoms with Gasteiger partial charge < -0.3 is 50.7 Å². The second-order valence-corrected chi connectivity index (χ2v) is 47.8. The monoisotopic (exact) mass is 972 g/mol. The smallest absolute Gasteiger partial charge is 0.416 e. The predicted octanol–water partition coefficient (Wildman–Crippen LogP) is 10.8. The minimum Gasteiger partial charge on any atom is -0.416 e. The Kier molecular flexibility index (Phi) is 12.9. The van der Waals surface area contributed by atoms with E-state index in [2.05, 4.69) is 19.7 Å². The van der Waals surface area contributed by atoms with Gasteiger partial charge in [0.1, 0.15) is 0 Å². The molecule has 7 saturated carbocycles. The van der Waals surface area contributed by atoms with Crippen molar-refractivity contribution in [3.8, 4) is 0 Å². The van der Waals surface area contributed by atoms with E-state index in [1.54, 1.807) is 0 Å². The Labute approximate surface area is 369 Å². The molecule has 12 nitrogen and oxygen atoms in total. The van der Waals surface area contributed by atoms with Crippen molar-refractivity contribution in [3.05, 3.63) is 12.7 Å². The number of hydrogen-bond donors (Lipinski definition) is 2. The number of fused-ring (bicyclic) bond motifs is 3. The third-order valence-electron chi connectivity index (χ3n) is 16.6. The summed E-state index contributed by atoms with van der Waals surface area (Å²) in [5, 5.41) is 0. The molecular weight excluding hydrogens is 897 g/mol. The first-order valence-corrected chi connectivity index (χ1v) is 40.7. The van der Waals surface area contributed by atoms with Crippen LogP contribution in [0.4, 0.5) is 0 Å². The normalized spacial score (nSPS) is 45.1. The van der Waals surface area contributed by atoms with Gasteiger partial charge in [-0.3, -0.25) is 0 Å². The molecule has 7 aliphatic carbocycles. The second-order valence-electron chi connectivity index (χ2n) is 21.4. The van der Waals surface area contributed by atoms with E-state index in [4.69, 9.17) is 41.2 Å². The first-order chi connectivity index (χ1) is 28.9. The van der Waals surface area contributed by atoms with Gasteiger partial charge in [-0.25, -0.2) is 0 Å². The zero-order chi connectivity index (χ0) is 41.3. The molecule has 10 aliphatic rings. The fraction of sp³-hybridized carbons (Fsp3) is 0.950. The van der Waals surface area contributed by atoms with Gasteiger partial charge in [-0.05, 0) is 109 Å². The lowest BCUT2D eigenvalue weighted by Gasteiger charge is -2.62. The molecule has 0 aromatic heterocycles. The van der Waals surface area contributed by atoms with Crippen LogP contribution in [0, 0.1) is 0 Å². The molecule has 4 unspecified atom stereocenters. The maximum atomic E-state index is 13.9. The molecule has 0 spiro atoms. The van der Waals surface area contributed by atoms with E-state index in [0.717, 1.165) is 186 Å². The van der Waals surface area contributed by atoms with Gasteiger partial charge in [0.2, 0.25) is 0 Å². The summed E-state index contributed by atoms with van der Waals surface area (Å²) in [4.78, 5) is 27.8. The van der Waals surface area contributed by atoms with E-state index in [-0.39, 0.29) is 38.8 Å². The van der Waals surface area contributed by atoms with Crippen molar-refractivity contribution in [3.63, 3.8) is 0 Å². The quantitative estimate of drug-likeness (QED) is 0.151. The molecule has 10 rings (SSSR count). The first-order valence-electron chi connectivity index (χ1n) is 24.9. The topological polar surface area (TPSA) is 133 Å². The summed E-state index contributed by atoms with van der Waals surface area (Å²) in [5.74, 6) is 0. The lowest BCUT2D eigenvalue weighted by molar-refractivity contribution is -0.00885. The Hall–Kier alpha value is 0.995. The largest absolute Gasteiger partial charge is 0.486 e. The first kappa shape index (κ1) is 44.8. The van der Waals surface area contributed by atoms with Crippen molar-refractivity contribution < 1.29 is 50.7 Å². The van der Waals surface area contributed by atoms with Gasteiger partial charge in [-0.1, -0.05) is 96.0 Å². The van der Waals surface area contributed by atoms with Crippen molar-refractivity contribution >= 4 is 69.9 Å². The van der Waals surface area contributed by atoms with Crippen LogP contribution in [0.1, 0.15) is 180 Å². The summed E-state index contributed by atoms with van der Waals surface area (Å²) >= 11 is 0. The fourth-order valence-electron chi connectivity index (χ4n) is 13.5. The molecule has 4 bridgehead atoms. The number of hydrogen-bond acceptors (Lipinski definition) is 12. The number of rotatable bonds is 11. The average Bonchev–Trinajstić information content (AvgIpc) is 4.04. The predicted molar refractivity (Wildman–Crippen MR) is 244 cm³/mol. The van der Waals surface area contributed by atoms with Crippen LogP contribution < -0.4 is 0 Å². The van der Waals surface area contributed by atoms with Gasteiger partial charge in [-0.2, -0.15) is 0 Å². The van der Waals surface area contributed by atoms with Crippen LogP contribution in [0.3, 0.4) is 0 Å². The highest BCUT2D eigenvalue weighted by molar-refractivity contribution is 7.00. The summed E-state index contributed by atoms with van der Waals surface area (Å²) in [6, 6.07) is 0.730. The number of allylic oxidation sites excluding steroid dienone is 1. The van der Waals surface area contributed by atoms with E-state index in [9.17, 15) is 9.59 Å². The van der Waals surface area contributed by atoms with Gasteiger partial charge in [-0.15, -0.1) is 6.58 Å². The van der Waals surface area contributed by atoms with Crippen LogP contribution in [0.15, 0.2) is 12.7 Å². The van der Waals surface area contributed by atoms with E-state index in [0.29, 0.717) is 0 Å². The molecule has 3 heterocycles. The minimum atomic E-state index is -4.30. The van der Waals surface area contributed by atoms with Crippen molar-refractivity contribution in [2.45, 2.75) is 238 Å². The molecule has 20 heteroatoms. The molecule has 0 aromatic carbocycles. The SMILES string of the molecule is C=CC[Si](C)(C)O[Si]1(C2CCCC2)O[Si]2(C3CCCC3)O[Si](O)(C3CCCC3)O[Si]3(C4CCCC4)O[Si](O)(C4CCCC4)O[Si](C4CCCC4)(O1)O[Si](C1CCCC1)(O3)O2. The van der Waals surface area contributed by atoms with Crippen LogP contribution in [0.25, 0.3) is 0 Å². The fourth-order valence-corrected chi connectivity index (χ4v) is 61.8. The molecular formula is C40H76O12Si8. The Morgan fingerprint density at radius 1 is 0.417 bits per heavy atom. The van der Waals surface area contributed by atoms with E-state index >= 15 is 0 Å². The standard InChI is InChI=1S/C40H76O12Si8/c1-4-33-53(2,3)43-56(36-23-9-10-24-36)48-58(38-27-13-14-28-38)46-54(41,34-19-5-6-20-34)44-57(37-25-11-12-26-37)45-55(42,35-21-7-8-22-35)47-59(49-56,39-29-15-16-30-39)52-60(50-57,51-58)40-31-17-18-32-40/h4,34-42H,1,5-33H2,2-3H3. The Balaban J connectivity index is 1.27. The molecule has 3 aliphatic heterocycles. The summed E-state index contributed by atoms with van der Waals surface area (Å²) in [5.41, 5.74) is -0.695. The Morgan fingerprint density at radius 3 is 0.967 bits per heavy atom. The van der Waals surface area contributed by atoms with Crippen LogP contribution in [0.2, 0.25) is 57.9 Å².